The first-order valence-electron chi connectivity index (χ1n) is 13.8. The van der Waals surface area contributed by atoms with Crippen molar-refractivity contribution in [1.29, 1.82) is 0 Å². The van der Waals surface area contributed by atoms with Gasteiger partial charge in [-0.3, -0.25) is 0 Å². The average molecular weight is 614 g/mol. The quantitative estimate of drug-likeness (QED) is 0.238. The number of ether oxygens (including phenoxy) is 3. The number of amides is 1. The van der Waals surface area contributed by atoms with Crippen LogP contribution in [0.15, 0.2) is 52.0 Å². The summed E-state index contributed by atoms with van der Waals surface area (Å²) in [6.07, 6.45) is 2.52. The minimum atomic E-state index is -0.524. The molecule has 2 atom stereocenters. The second-order valence-corrected chi connectivity index (χ2v) is 13.4. The molecule has 1 saturated carbocycles. The molecule has 1 aliphatic carbocycles. The lowest BCUT2D eigenvalue weighted by Crippen LogP contribution is -2.36. The number of carbonyl (C=O) groups is 1. The van der Waals surface area contributed by atoms with Gasteiger partial charge in [0.1, 0.15) is 34.1 Å². The zero-order valence-electron chi connectivity index (χ0n) is 23.3. The molecule has 2 aromatic carbocycles. The Morgan fingerprint density at radius 2 is 1.92 bits per heavy atom. The van der Waals surface area contributed by atoms with Gasteiger partial charge >= 0.3 is 6.09 Å². The lowest BCUT2D eigenvalue weighted by atomic mass is 10.0. The van der Waals surface area contributed by atoms with Crippen LogP contribution in [0.2, 0.25) is 0 Å². The minimum Gasteiger partial charge on any atom is -0.488 e. The molecule has 1 aromatic heterocycles. The summed E-state index contributed by atoms with van der Waals surface area (Å²) in [5, 5.41) is 1.84. The first kappa shape index (κ1) is 28.1. The van der Waals surface area contributed by atoms with Gasteiger partial charge in [0.25, 0.3) is 0 Å². The molecule has 6 nitrogen and oxygen atoms in total. The lowest BCUT2D eigenvalue weighted by Gasteiger charge is -2.24. The van der Waals surface area contributed by atoms with E-state index in [2.05, 4.69) is 48.0 Å². The molecule has 2 aliphatic rings. The Labute approximate surface area is 243 Å². The van der Waals surface area contributed by atoms with E-state index in [1.807, 2.05) is 45.0 Å². The van der Waals surface area contributed by atoms with Crippen LogP contribution < -0.4 is 9.47 Å². The van der Waals surface area contributed by atoms with Gasteiger partial charge in [0.2, 0.25) is 0 Å². The van der Waals surface area contributed by atoms with Gasteiger partial charge in [0.05, 0.1) is 11.0 Å². The zero-order chi connectivity index (χ0) is 27.7. The fourth-order valence-corrected chi connectivity index (χ4v) is 6.22. The van der Waals surface area contributed by atoms with Gasteiger partial charge in [-0.1, -0.05) is 37.3 Å². The summed E-state index contributed by atoms with van der Waals surface area (Å²) in [6.45, 7) is 11.0. The maximum Gasteiger partial charge on any atom is 0.410 e. The number of halogens is 1. The van der Waals surface area contributed by atoms with E-state index in [9.17, 15) is 4.79 Å². The molecule has 1 saturated heterocycles. The molecule has 1 aliphatic heterocycles. The summed E-state index contributed by atoms with van der Waals surface area (Å²) in [5.74, 6) is 2.95. The van der Waals surface area contributed by atoms with Crippen LogP contribution in [0.5, 0.6) is 11.5 Å². The highest BCUT2D eigenvalue weighted by molar-refractivity contribution is 9.10. The van der Waals surface area contributed by atoms with Crippen LogP contribution in [0.3, 0.4) is 0 Å². The fraction of sp³-hybridized carbons (Fsp3) is 0.484. The molecular formula is C31H37BrN2O4S. The van der Waals surface area contributed by atoms with Gasteiger partial charge in [-0.05, 0) is 85.3 Å². The number of likely N-dealkylation sites (tertiary alicyclic amines) is 1. The van der Waals surface area contributed by atoms with Gasteiger partial charge in [0.15, 0.2) is 5.75 Å². The van der Waals surface area contributed by atoms with Crippen LogP contribution in [0.1, 0.15) is 77.0 Å². The Balaban J connectivity index is 1.51. The predicted octanol–water partition coefficient (Wildman–Crippen LogP) is 8.51. The van der Waals surface area contributed by atoms with E-state index >= 15 is 0 Å². The first-order valence-corrected chi connectivity index (χ1v) is 15.6. The third-order valence-corrected chi connectivity index (χ3v) is 8.54. The molecule has 39 heavy (non-hydrogen) atoms. The number of thioether (sulfide) groups is 1. The van der Waals surface area contributed by atoms with Crippen molar-refractivity contribution in [2.75, 3.05) is 18.8 Å². The Morgan fingerprint density at radius 1 is 1.18 bits per heavy atom. The predicted molar refractivity (Wildman–Crippen MR) is 160 cm³/mol. The molecule has 0 radical (unpaired) electrons. The number of pyridine rings is 1. The number of hydrogen-bond donors (Lipinski definition) is 0. The van der Waals surface area contributed by atoms with Crippen molar-refractivity contribution in [2.24, 2.45) is 0 Å². The highest BCUT2D eigenvalue weighted by Gasteiger charge is 2.33. The Hall–Kier alpha value is -2.45. The number of aromatic nitrogens is 1. The standard InChI is InChI=1S/C31H37BrN2O4S/c1-6-39-26-17-25(37-22-14-15-34(18-22)30(35)38-31(3,4)5)24-16-23(21-12-13-21)27(32)29(28(24)33-26)36-19(2)20-10-8-7-9-11-20/h7-11,16-17,19,21-22H,6,12-15,18H2,1-5H3/t19-,22-/m0/s1. The maximum absolute atomic E-state index is 12.7. The molecule has 0 unspecified atom stereocenters. The van der Waals surface area contributed by atoms with E-state index in [1.54, 1.807) is 16.7 Å². The van der Waals surface area contributed by atoms with E-state index < -0.39 is 5.60 Å². The van der Waals surface area contributed by atoms with Crippen LogP contribution in [-0.2, 0) is 4.74 Å². The van der Waals surface area contributed by atoms with Gasteiger partial charge in [0, 0.05) is 24.4 Å². The second kappa shape index (κ2) is 11.6. The molecular weight excluding hydrogens is 576 g/mol. The van der Waals surface area contributed by atoms with E-state index in [0.29, 0.717) is 19.0 Å². The Bertz CT molecular complexity index is 1340. The summed E-state index contributed by atoms with van der Waals surface area (Å²) in [7, 11) is 0. The van der Waals surface area contributed by atoms with Crippen molar-refractivity contribution in [3.05, 3.63) is 58.1 Å². The van der Waals surface area contributed by atoms with Crippen molar-refractivity contribution in [3.63, 3.8) is 0 Å². The van der Waals surface area contributed by atoms with E-state index in [4.69, 9.17) is 19.2 Å². The van der Waals surface area contributed by atoms with E-state index in [1.165, 1.54) is 18.4 Å². The monoisotopic (exact) mass is 612 g/mol. The van der Waals surface area contributed by atoms with E-state index in [-0.39, 0.29) is 18.3 Å². The first-order chi connectivity index (χ1) is 18.6. The van der Waals surface area contributed by atoms with Gasteiger partial charge in [-0.2, -0.15) is 0 Å². The molecule has 1 amide bonds. The summed E-state index contributed by atoms with van der Waals surface area (Å²) in [4.78, 5) is 19.4. The molecule has 2 heterocycles. The van der Waals surface area contributed by atoms with Crippen LogP contribution in [0.4, 0.5) is 4.79 Å². The maximum atomic E-state index is 12.7. The minimum absolute atomic E-state index is 0.122. The number of rotatable bonds is 8. The third kappa shape index (κ3) is 6.65. The van der Waals surface area contributed by atoms with Crippen molar-refractivity contribution in [3.8, 4) is 11.5 Å². The summed E-state index contributed by atoms with van der Waals surface area (Å²) in [6, 6.07) is 14.5. The van der Waals surface area contributed by atoms with Crippen LogP contribution in [0.25, 0.3) is 10.9 Å². The van der Waals surface area contributed by atoms with E-state index in [0.717, 1.165) is 49.6 Å². The smallest absolute Gasteiger partial charge is 0.410 e. The lowest BCUT2D eigenvalue weighted by molar-refractivity contribution is 0.0276. The van der Waals surface area contributed by atoms with Crippen molar-refractivity contribution in [2.45, 2.75) is 82.6 Å². The number of hydrogen-bond acceptors (Lipinski definition) is 6. The average Bonchev–Trinajstić information content (AvgIpc) is 3.62. The molecule has 2 fully saturated rings. The van der Waals surface area contributed by atoms with Crippen LogP contribution >= 0.6 is 27.7 Å². The normalized spacial score (nSPS) is 18.3. The molecule has 208 valence electrons. The highest BCUT2D eigenvalue weighted by Crippen LogP contribution is 2.50. The zero-order valence-corrected chi connectivity index (χ0v) is 25.7. The topological polar surface area (TPSA) is 60.9 Å². The highest BCUT2D eigenvalue weighted by atomic mass is 79.9. The summed E-state index contributed by atoms with van der Waals surface area (Å²) >= 11 is 5.58. The summed E-state index contributed by atoms with van der Waals surface area (Å²) in [5.41, 5.74) is 2.62. The molecule has 0 spiro atoms. The summed E-state index contributed by atoms with van der Waals surface area (Å²) < 4.78 is 19.9. The number of fused-ring (bicyclic) bond motifs is 1. The van der Waals surface area contributed by atoms with Crippen molar-refractivity contribution < 1.29 is 19.0 Å². The van der Waals surface area contributed by atoms with Gasteiger partial charge in [-0.15, -0.1) is 11.8 Å². The number of benzene rings is 2. The van der Waals surface area contributed by atoms with Crippen molar-refractivity contribution in [1.82, 2.24) is 9.88 Å². The third-order valence-electron chi connectivity index (χ3n) is 6.93. The molecule has 0 bridgehead atoms. The van der Waals surface area contributed by atoms with Crippen molar-refractivity contribution >= 4 is 44.7 Å². The van der Waals surface area contributed by atoms with Gasteiger partial charge < -0.3 is 19.1 Å². The molecule has 5 rings (SSSR count). The number of nitrogens with zero attached hydrogens (tertiary/aromatic N) is 2. The Kier molecular flexibility index (Phi) is 8.34. The largest absolute Gasteiger partial charge is 0.488 e. The van der Waals surface area contributed by atoms with Crippen LogP contribution in [0, 0.1) is 0 Å². The molecule has 8 heteroatoms. The Morgan fingerprint density at radius 3 is 2.59 bits per heavy atom. The molecule has 3 aromatic rings. The number of carbonyl (C=O) groups excluding carboxylic acids is 1. The second-order valence-electron chi connectivity index (χ2n) is 11.3. The van der Waals surface area contributed by atoms with Gasteiger partial charge in [-0.25, -0.2) is 9.78 Å². The SMILES string of the molecule is CCSc1cc(O[C@H]2CCN(C(=O)OC(C)(C)C)C2)c2cc(C3CC3)c(Br)c(O[C@@H](C)c3ccccc3)c2n1. The molecule has 0 N–H and O–H groups in total. The van der Waals surface area contributed by atoms with Crippen LogP contribution in [-0.4, -0.2) is 46.5 Å². The fourth-order valence-electron chi connectivity index (χ4n) is 4.86.